The van der Waals surface area contributed by atoms with Crippen LogP contribution in [0.4, 0.5) is 10.2 Å². The van der Waals surface area contributed by atoms with Gasteiger partial charge in [0.2, 0.25) is 0 Å². The Balaban J connectivity index is 1.03. The molecule has 17 nitrogen and oxygen atoms in total. The first kappa shape index (κ1) is 79.5. The Morgan fingerprint density at radius 1 is 0.594 bits per heavy atom. The van der Waals surface area contributed by atoms with Crippen molar-refractivity contribution < 1.29 is 56.0 Å². The number of aromatic nitrogens is 4. The van der Waals surface area contributed by atoms with Gasteiger partial charge in [0.25, 0.3) is 0 Å². The van der Waals surface area contributed by atoms with Crippen LogP contribution in [-0.4, -0.2) is 89.9 Å². The minimum absolute atomic E-state index is 0.0123. The van der Waals surface area contributed by atoms with Crippen molar-refractivity contribution in [2.75, 3.05) is 46.0 Å². The van der Waals surface area contributed by atoms with Gasteiger partial charge in [-0.25, -0.2) is 19.4 Å². The van der Waals surface area contributed by atoms with E-state index < -0.39 is 74.1 Å². The number of hydrogen-bond donors (Lipinski definition) is 2. The number of nitrogens with one attached hydrogen (secondary N) is 2. The minimum atomic E-state index is -4.96. The fourth-order valence-electron chi connectivity index (χ4n) is 14.1. The second kappa shape index (κ2) is 40.6. The van der Waals surface area contributed by atoms with E-state index in [-0.39, 0.29) is 43.0 Å². The molecule has 7 aromatic carbocycles. The van der Waals surface area contributed by atoms with Gasteiger partial charge in [-0.15, -0.1) is 6.42 Å². The monoisotopic (exact) mass is 1460 g/mol. The smallest absolute Gasteiger partial charge is 0.406 e. The van der Waals surface area contributed by atoms with Crippen LogP contribution >= 0.6 is 7.75 Å². The molecule has 2 N–H and O–H groups in total. The second-order valence-electron chi connectivity index (χ2n) is 27.3. The lowest BCUT2D eigenvalue weighted by molar-refractivity contribution is -0.147. The van der Waals surface area contributed by atoms with Crippen LogP contribution in [0, 0.1) is 18.4 Å². The van der Waals surface area contributed by atoms with E-state index in [0.29, 0.717) is 46.6 Å². The molecule has 1 saturated heterocycles. The van der Waals surface area contributed by atoms with Crippen LogP contribution in [0.5, 0.6) is 11.5 Å². The van der Waals surface area contributed by atoms with E-state index >= 15 is 8.96 Å². The molecule has 106 heavy (non-hydrogen) atoms. The van der Waals surface area contributed by atoms with E-state index in [2.05, 4.69) is 40.1 Å². The van der Waals surface area contributed by atoms with E-state index in [1.165, 1.54) is 70.5 Å². The fraction of sp³-hybridized carbons (Fsp3) is 0.414. The number of unbranched alkanes of at least 4 members (excludes halogenated alkanes) is 18. The number of hydrogen-bond acceptors (Lipinski definition) is 15. The summed E-state index contributed by atoms with van der Waals surface area (Å²) < 4.78 is 85.9. The number of rotatable bonds is 46. The first-order chi connectivity index (χ1) is 51.9. The number of ether oxygens (including phenoxy) is 6. The van der Waals surface area contributed by atoms with Crippen LogP contribution in [0.25, 0.3) is 11.2 Å². The largest absolute Gasteiger partial charge is 0.497 e. The molecule has 0 amide bonds. The molecule has 19 heteroatoms. The van der Waals surface area contributed by atoms with Gasteiger partial charge in [-0.05, 0) is 82.5 Å². The van der Waals surface area contributed by atoms with Gasteiger partial charge in [0, 0.05) is 6.42 Å². The second-order valence-corrected chi connectivity index (χ2v) is 29.0. The Labute approximate surface area is 625 Å². The number of halogens is 1. The third kappa shape index (κ3) is 21.0. The number of terminal acetylenes is 1. The van der Waals surface area contributed by atoms with Crippen molar-refractivity contribution in [3.63, 3.8) is 0 Å². The van der Waals surface area contributed by atoms with Crippen molar-refractivity contribution >= 4 is 36.7 Å². The molecular weight excluding hydrogens is 1350 g/mol. The van der Waals surface area contributed by atoms with Gasteiger partial charge in [0.05, 0.1) is 33.8 Å². The van der Waals surface area contributed by atoms with Crippen molar-refractivity contribution in [1.29, 1.82) is 0 Å². The number of carbonyl (C=O) groups excluding carboxylic acids is 2. The van der Waals surface area contributed by atoms with Gasteiger partial charge in [0.1, 0.15) is 47.6 Å². The van der Waals surface area contributed by atoms with Gasteiger partial charge < -0.3 is 33.7 Å². The lowest BCUT2D eigenvalue weighted by atomic mass is 9.77. The summed E-state index contributed by atoms with van der Waals surface area (Å²) in [4.78, 5) is 42.4. The molecule has 0 radical (unpaired) electrons. The zero-order valence-electron chi connectivity index (χ0n) is 61.9. The predicted molar refractivity (Wildman–Crippen MR) is 414 cm³/mol. The van der Waals surface area contributed by atoms with Crippen LogP contribution in [0.3, 0.4) is 0 Å². The quantitative estimate of drug-likeness (QED) is 0.00913. The Bertz CT molecular complexity index is 4110. The Morgan fingerprint density at radius 3 is 1.53 bits per heavy atom. The first-order valence-corrected chi connectivity index (χ1v) is 39.5. The molecule has 2 aromatic heterocycles. The number of fused-ring (bicyclic) bond motifs is 1. The third-order valence-electron chi connectivity index (χ3n) is 19.8. The molecule has 0 aliphatic carbocycles. The maximum atomic E-state index is 16.9. The molecule has 0 bridgehead atoms. The molecule has 1 unspecified atom stereocenters. The van der Waals surface area contributed by atoms with Crippen LogP contribution in [0.15, 0.2) is 207 Å². The first-order valence-electron chi connectivity index (χ1n) is 38.0. The number of imidazole rings is 1. The summed E-state index contributed by atoms with van der Waals surface area (Å²) in [6.45, 7) is 3.08. The summed E-state index contributed by atoms with van der Waals surface area (Å²) in [5.74, 6) is 2.69. The zero-order valence-corrected chi connectivity index (χ0v) is 62.8. The van der Waals surface area contributed by atoms with E-state index in [4.69, 9.17) is 48.9 Å². The highest BCUT2D eigenvalue weighted by molar-refractivity contribution is 7.51. The highest BCUT2D eigenvalue weighted by Gasteiger charge is 2.56. The number of esters is 2. The molecule has 10 rings (SSSR count). The lowest BCUT2D eigenvalue weighted by Crippen LogP contribution is -2.49. The highest BCUT2D eigenvalue weighted by Crippen LogP contribution is 2.52. The van der Waals surface area contributed by atoms with Gasteiger partial charge >= 0.3 is 25.8 Å². The van der Waals surface area contributed by atoms with E-state index in [0.717, 1.165) is 68.1 Å². The predicted octanol–water partition coefficient (Wildman–Crippen LogP) is 19.3. The van der Waals surface area contributed by atoms with Gasteiger partial charge in [-0.2, -0.15) is 14.4 Å². The lowest BCUT2D eigenvalue weighted by Gasteiger charge is -2.41. The molecule has 1 aliphatic rings. The summed E-state index contributed by atoms with van der Waals surface area (Å²) in [5, 5.41) is 6.65. The van der Waals surface area contributed by atoms with Gasteiger partial charge in [-0.1, -0.05) is 311 Å². The standard InChI is InChI=1S/C87H104FN6O11P/c1-6-9-11-13-15-17-19-21-23-40-60-100-79(95)64-102-106(97,93-76(62-67-42-30-25-31-43-67)83(96)101-61-41-24-22-20-18-16-14-12-10-7-2)103-65-85(8-3)77(104-87(71-48-36-28-37-49-71,72-50-38-29-39-51-72)73-54-58-75(99-5)59-55-73)63-78(105-85)94-66-89-80-81(90-84(88)91-82(80)94)92-86(68-44-32-26-33-45-68,69-46-34-27-35-47-69)70-52-56-74(98-4)57-53-70/h3,25-39,42-59,66,76-78H,6-7,9-24,40-41,60-65H2,1-2,4-5H3,(H,93,97)(H,90,91,92)/t76-,77-,78+,85+,106?/m0/s1. The maximum absolute atomic E-state index is 16.9. The highest BCUT2D eigenvalue weighted by atomic mass is 31.2. The summed E-state index contributed by atoms with van der Waals surface area (Å²) >= 11 is 0. The van der Waals surface area contributed by atoms with Crippen LogP contribution in [-0.2, 0) is 59.7 Å². The minimum Gasteiger partial charge on any atom is -0.497 e. The molecule has 0 saturated carbocycles. The molecule has 560 valence electrons. The number of anilines is 1. The molecule has 3 heterocycles. The SMILES string of the molecule is C#C[C@]1(COP(=O)(N[C@@H](Cc2ccccc2)C(=O)OCCCCCCCCCCCC)OCC(=O)OCCCCCCCCCCCC)O[C@@H](n2cnc3c(NC(c4ccccc4)(c4ccccc4)c4ccc(OC)cc4)nc(F)nc32)C[C@@H]1OC(c1ccccc1)(c1ccccc1)c1ccc(OC)cc1. The summed E-state index contributed by atoms with van der Waals surface area (Å²) in [6, 6.07) is 61.9. The van der Waals surface area contributed by atoms with Crippen molar-refractivity contribution in [2.24, 2.45) is 0 Å². The molecule has 5 atom stereocenters. The summed E-state index contributed by atoms with van der Waals surface area (Å²) in [7, 11) is -1.76. The molecular formula is C87H104FN6O11P. The number of carbonyl (C=O) groups is 2. The van der Waals surface area contributed by atoms with E-state index in [1.54, 1.807) is 18.8 Å². The van der Waals surface area contributed by atoms with Gasteiger partial charge in [0.15, 0.2) is 29.2 Å². The molecule has 0 spiro atoms. The Hall–Kier alpha value is -9.05. The number of benzene rings is 7. The zero-order chi connectivity index (χ0) is 74.3. The van der Waals surface area contributed by atoms with Crippen molar-refractivity contribution in [3.8, 4) is 23.8 Å². The van der Waals surface area contributed by atoms with Crippen LogP contribution in [0.2, 0.25) is 0 Å². The Morgan fingerprint density at radius 2 is 1.04 bits per heavy atom. The number of nitrogens with zero attached hydrogens (tertiary/aromatic N) is 4. The summed E-state index contributed by atoms with van der Waals surface area (Å²) in [6.07, 6.45) is 26.6. The van der Waals surface area contributed by atoms with Crippen LogP contribution in [0.1, 0.15) is 194 Å². The van der Waals surface area contributed by atoms with Crippen molar-refractivity contribution in [1.82, 2.24) is 24.6 Å². The third-order valence-corrected chi connectivity index (χ3v) is 21.4. The normalized spacial score (nSPS) is 16.0. The van der Waals surface area contributed by atoms with E-state index in [9.17, 15) is 9.59 Å². The summed E-state index contributed by atoms with van der Waals surface area (Å²) in [5.41, 5.74) is 0.569. The van der Waals surface area contributed by atoms with Gasteiger partial charge in [-0.3, -0.25) is 18.4 Å². The number of methoxy groups -OCH3 is 2. The molecule has 1 fully saturated rings. The Kier molecular flexibility index (Phi) is 30.5. The fourth-order valence-corrected chi connectivity index (χ4v) is 15.5. The molecule has 1 aliphatic heterocycles. The average molecular weight is 1460 g/mol. The molecule has 9 aromatic rings. The van der Waals surface area contributed by atoms with E-state index in [1.807, 2.05) is 200 Å². The average Bonchev–Trinajstić information content (AvgIpc) is 1.43. The van der Waals surface area contributed by atoms with Crippen LogP contribution < -0.4 is 19.9 Å². The maximum Gasteiger partial charge on any atom is 0.406 e. The van der Waals surface area contributed by atoms with Crippen molar-refractivity contribution in [3.05, 3.63) is 252 Å². The topological polar surface area (TPSA) is 193 Å². The van der Waals surface area contributed by atoms with Crippen molar-refractivity contribution in [2.45, 2.75) is 190 Å².